The maximum absolute atomic E-state index is 12.5. The Kier molecular flexibility index (Phi) is 3.65. The lowest BCUT2D eigenvalue weighted by molar-refractivity contribution is 0.0791. The lowest BCUT2D eigenvalue weighted by Crippen LogP contribution is -2.18. The minimum atomic E-state index is -0.135. The van der Waals surface area contributed by atoms with E-state index in [1.54, 1.807) is 16.9 Å². The van der Waals surface area contributed by atoms with Crippen molar-refractivity contribution in [3.8, 4) is 0 Å². The molecule has 7 nitrogen and oxygen atoms in total. The summed E-state index contributed by atoms with van der Waals surface area (Å²) in [6.45, 7) is 1.54. The third-order valence-corrected chi connectivity index (χ3v) is 4.51. The molecule has 2 aromatic rings. The molecule has 1 saturated heterocycles. The average Bonchev–Trinajstić information content (AvgIpc) is 3.18. The van der Waals surface area contributed by atoms with E-state index >= 15 is 0 Å². The highest BCUT2D eigenvalue weighted by molar-refractivity contribution is 6.02. The van der Waals surface area contributed by atoms with Gasteiger partial charge in [-0.2, -0.15) is 10.2 Å². The number of hydrogen-bond donors (Lipinski definition) is 1. The summed E-state index contributed by atoms with van der Waals surface area (Å²) in [5, 5.41) is 11.8. The molecule has 1 aliphatic heterocycles. The van der Waals surface area contributed by atoms with Crippen molar-refractivity contribution >= 4 is 11.7 Å². The van der Waals surface area contributed by atoms with Gasteiger partial charge in [-0.05, 0) is 31.7 Å². The first-order valence-corrected chi connectivity index (χ1v) is 8.19. The Labute approximate surface area is 134 Å². The zero-order valence-electron chi connectivity index (χ0n) is 13.2. The van der Waals surface area contributed by atoms with E-state index in [1.165, 1.54) is 0 Å². The van der Waals surface area contributed by atoms with Gasteiger partial charge >= 0.3 is 0 Å². The van der Waals surface area contributed by atoms with Gasteiger partial charge < -0.3 is 10.1 Å². The van der Waals surface area contributed by atoms with Crippen LogP contribution in [-0.4, -0.2) is 38.7 Å². The van der Waals surface area contributed by atoms with E-state index in [-0.39, 0.29) is 5.91 Å². The van der Waals surface area contributed by atoms with Crippen LogP contribution in [0.4, 0.5) is 5.82 Å². The molecule has 1 atom stereocenters. The highest BCUT2D eigenvalue weighted by Gasteiger charge is 2.28. The van der Waals surface area contributed by atoms with Crippen LogP contribution in [0.15, 0.2) is 18.3 Å². The highest BCUT2D eigenvalue weighted by Crippen LogP contribution is 2.35. The molecule has 0 aromatic carbocycles. The van der Waals surface area contributed by atoms with E-state index in [2.05, 4.69) is 15.5 Å². The van der Waals surface area contributed by atoms with Crippen molar-refractivity contribution in [1.29, 1.82) is 0 Å². The number of anilines is 1. The Morgan fingerprint density at radius 2 is 2.26 bits per heavy atom. The molecule has 2 aromatic heterocycles. The molecule has 2 fully saturated rings. The van der Waals surface area contributed by atoms with Crippen molar-refractivity contribution in [2.45, 2.75) is 37.6 Å². The monoisotopic (exact) mass is 315 g/mol. The summed E-state index contributed by atoms with van der Waals surface area (Å²) in [7, 11) is 1.85. The summed E-state index contributed by atoms with van der Waals surface area (Å²) in [4.78, 5) is 12.5. The van der Waals surface area contributed by atoms with E-state index in [9.17, 15) is 4.79 Å². The van der Waals surface area contributed by atoms with Gasteiger partial charge in [0.1, 0.15) is 11.5 Å². The molecule has 0 bridgehead atoms. The van der Waals surface area contributed by atoms with Crippen LogP contribution in [0, 0.1) is 0 Å². The predicted octanol–water partition coefficient (Wildman–Crippen LogP) is 2.10. The number of hydrogen-bond acceptors (Lipinski definition) is 4. The molecule has 1 saturated carbocycles. The van der Waals surface area contributed by atoms with Crippen LogP contribution in [0.3, 0.4) is 0 Å². The number of nitrogens with zero attached hydrogens (tertiary/aromatic N) is 4. The van der Waals surface area contributed by atoms with Crippen molar-refractivity contribution in [2.75, 3.05) is 18.5 Å². The van der Waals surface area contributed by atoms with Gasteiger partial charge in [-0.3, -0.25) is 14.2 Å². The fourth-order valence-corrected chi connectivity index (χ4v) is 3.06. The number of carbonyl (C=O) groups is 1. The molecule has 122 valence electrons. The van der Waals surface area contributed by atoms with Gasteiger partial charge in [-0.1, -0.05) is 0 Å². The van der Waals surface area contributed by atoms with Crippen LogP contribution in [0.1, 0.15) is 53.8 Å². The zero-order valence-corrected chi connectivity index (χ0v) is 13.2. The summed E-state index contributed by atoms with van der Waals surface area (Å²) >= 11 is 0. The summed E-state index contributed by atoms with van der Waals surface area (Å²) in [5.74, 6) is 0.889. The fraction of sp³-hybridized carbons (Fsp3) is 0.562. The first-order valence-electron chi connectivity index (χ1n) is 8.19. The van der Waals surface area contributed by atoms with Gasteiger partial charge in [0.05, 0.1) is 18.3 Å². The van der Waals surface area contributed by atoms with Gasteiger partial charge in [0.15, 0.2) is 0 Å². The maximum Gasteiger partial charge on any atom is 0.275 e. The molecule has 3 heterocycles. The van der Waals surface area contributed by atoms with Crippen molar-refractivity contribution in [3.05, 3.63) is 29.7 Å². The smallest absolute Gasteiger partial charge is 0.275 e. The molecule has 0 radical (unpaired) electrons. The maximum atomic E-state index is 12.5. The summed E-state index contributed by atoms with van der Waals surface area (Å²) in [6, 6.07) is 4.10. The second-order valence-corrected chi connectivity index (χ2v) is 6.34. The third kappa shape index (κ3) is 2.88. The lowest BCUT2D eigenvalue weighted by atomic mass is 9.99. The van der Waals surface area contributed by atoms with Gasteiger partial charge in [-0.15, -0.1) is 0 Å². The largest absolute Gasteiger partial charge is 0.381 e. The van der Waals surface area contributed by atoms with Crippen LogP contribution in [-0.2, 0) is 11.8 Å². The molecule has 4 rings (SSSR count). The van der Waals surface area contributed by atoms with Crippen LogP contribution in [0.2, 0.25) is 0 Å². The number of nitrogens with one attached hydrogen (secondary N) is 1. The van der Waals surface area contributed by atoms with E-state index in [0.717, 1.165) is 38.0 Å². The second kappa shape index (κ2) is 5.81. The van der Waals surface area contributed by atoms with Crippen molar-refractivity contribution in [2.24, 2.45) is 7.05 Å². The molecular formula is C16H21N5O2. The van der Waals surface area contributed by atoms with Crippen molar-refractivity contribution in [3.63, 3.8) is 0 Å². The first-order chi connectivity index (χ1) is 11.2. The minimum absolute atomic E-state index is 0.135. The first kappa shape index (κ1) is 14.4. The molecular weight excluding hydrogens is 294 g/mol. The molecule has 1 N–H and O–H groups in total. The normalized spacial score (nSPS) is 21.3. The highest BCUT2D eigenvalue weighted by atomic mass is 16.5. The van der Waals surface area contributed by atoms with Gasteiger partial charge in [0.25, 0.3) is 5.91 Å². The van der Waals surface area contributed by atoms with Crippen LogP contribution in [0.5, 0.6) is 0 Å². The molecule has 2 aliphatic rings. The van der Waals surface area contributed by atoms with Crippen molar-refractivity contribution in [1.82, 2.24) is 19.6 Å². The lowest BCUT2D eigenvalue weighted by Gasteiger charge is -2.19. The Morgan fingerprint density at radius 3 is 3.00 bits per heavy atom. The number of aromatic nitrogens is 4. The average molecular weight is 315 g/mol. The molecule has 1 amide bonds. The van der Waals surface area contributed by atoms with Gasteiger partial charge in [0.2, 0.25) is 0 Å². The quantitative estimate of drug-likeness (QED) is 0.937. The number of ether oxygens (including phenoxy) is 1. The molecule has 23 heavy (non-hydrogen) atoms. The summed E-state index contributed by atoms with van der Waals surface area (Å²) < 4.78 is 9.07. The predicted molar refractivity (Wildman–Crippen MR) is 84.5 cm³/mol. The fourth-order valence-electron chi connectivity index (χ4n) is 3.06. The number of amides is 1. The van der Waals surface area contributed by atoms with E-state index < -0.39 is 0 Å². The number of rotatable bonds is 4. The topological polar surface area (TPSA) is 74.0 Å². The minimum Gasteiger partial charge on any atom is -0.381 e. The third-order valence-electron chi connectivity index (χ3n) is 4.51. The second-order valence-electron chi connectivity index (χ2n) is 6.34. The number of aryl methyl sites for hydroxylation is 1. The van der Waals surface area contributed by atoms with Crippen molar-refractivity contribution < 1.29 is 9.53 Å². The standard InChI is InChI=1S/C16H21N5O2/c1-20-15(9-13(19-20)11-3-2-8-23-10-11)18-16(22)14-6-7-17-21(14)12-4-5-12/h6-7,9,11-12H,2-5,8,10H2,1H3,(H,18,22). The van der Waals surface area contributed by atoms with Crippen LogP contribution < -0.4 is 5.32 Å². The van der Waals surface area contributed by atoms with Gasteiger partial charge in [0, 0.05) is 31.8 Å². The van der Waals surface area contributed by atoms with E-state index in [0.29, 0.717) is 30.1 Å². The van der Waals surface area contributed by atoms with Gasteiger partial charge in [-0.25, -0.2) is 0 Å². The molecule has 0 spiro atoms. The SMILES string of the molecule is Cn1nc(C2CCCOC2)cc1NC(=O)c1ccnn1C1CC1. The Hall–Kier alpha value is -2.15. The molecule has 1 aliphatic carbocycles. The van der Waals surface area contributed by atoms with E-state index in [4.69, 9.17) is 4.74 Å². The Morgan fingerprint density at radius 1 is 1.39 bits per heavy atom. The van der Waals surface area contributed by atoms with E-state index in [1.807, 2.05) is 17.8 Å². The summed E-state index contributed by atoms with van der Waals surface area (Å²) in [5.41, 5.74) is 1.59. The molecule has 1 unspecified atom stereocenters. The Bertz CT molecular complexity index is 710. The van der Waals surface area contributed by atoms with Crippen LogP contribution >= 0.6 is 0 Å². The number of carbonyl (C=O) groups excluding carboxylic acids is 1. The summed E-state index contributed by atoms with van der Waals surface area (Å²) in [6.07, 6.45) is 6.02. The molecule has 7 heteroatoms. The Balaban J connectivity index is 1.50. The van der Waals surface area contributed by atoms with Crippen LogP contribution in [0.25, 0.3) is 0 Å². The zero-order chi connectivity index (χ0) is 15.8.